The van der Waals surface area contributed by atoms with E-state index in [0.29, 0.717) is 24.6 Å². The van der Waals surface area contributed by atoms with Crippen molar-refractivity contribution in [1.82, 2.24) is 15.6 Å². The number of ether oxygens (including phenoxy) is 1. The molecule has 1 atom stereocenters. The zero-order valence-corrected chi connectivity index (χ0v) is 17.6. The third kappa shape index (κ3) is 4.50. The molecule has 3 aromatic rings. The molecule has 0 bridgehead atoms. The number of anilines is 1. The molecule has 1 unspecified atom stereocenters. The molecule has 0 saturated heterocycles. The number of carbonyl (C=O) groups excluding carboxylic acids is 1. The molecule has 31 heavy (non-hydrogen) atoms. The van der Waals surface area contributed by atoms with E-state index >= 15 is 0 Å². The predicted octanol–water partition coefficient (Wildman–Crippen LogP) is 3.32. The van der Waals surface area contributed by atoms with Gasteiger partial charge in [-0.1, -0.05) is 43.3 Å². The standard InChI is InChI=1S/C24H25N5O2/c1-3-17-9-10-21(31-2)20(13-17)19-11-12-25-22(15-19)29-23(27-24(28-29)26-16-30)14-18-7-5-4-6-8-18/h4-13,15-16,23H,3,14H2,1-2H3,(H2,26,27,28,30). The van der Waals surface area contributed by atoms with E-state index in [1.165, 1.54) is 5.56 Å². The van der Waals surface area contributed by atoms with Gasteiger partial charge in [0.2, 0.25) is 12.4 Å². The number of aryl methyl sites for hydroxylation is 1. The molecule has 0 aliphatic carbocycles. The van der Waals surface area contributed by atoms with Crippen LogP contribution in [0.25, 0.3) is 11.1 Å². The highest BCUT2D eigenvalue weighted by Gasteiger charge is 2.28. The minimum absolute atomic E-state index is 0.184. The molecule has 2 N–H and O–H groups in total. The first-order valence-electron chi connectivity index (χ1n) is 10.2. The van der Waals surface area contributed by atoms with E-state index in [1.807, 2.05) is 36.4 Å². The van der Waals surface area contributed by atoms with Gasteiger partial charge in [0.15, 0.2) is 5.82 Å². The second-order valence-corrected chi connectivity index (χ2v) is 7.20. The van der Waals surface area contributed by atoms with Gasteiger partial charge in [-0.15, -0.1) is 5.10 Å². The third-order valence-corrected chi connectivity index (χ3v) is 5.24. The Labute approximate surface area is 181 Å². The maximum atomic E-state index is 11.0. The van der Waals surface area contributed by atoms with Crippen LogP contribution < -0.4 is 20.4 Å². The first-order valence-corrected chi connectivity index (χ1v) is 10.2. The predicted molar refractivity (Wildman–Crippen MR) is 122 cm³/mol. The smallest absolute Gasteiger partial charge is 0.222 e. The van der Waals surface area contributed by atoms with Crippen molar-refractivity contribution in [2.75, 3.05) is 12.1 Å². The van der Waals surface area contributed by atoms with Gasteiger partial charge in [-0.2, -0.15) is 0 Å². The van der Waals surface area contributed by atoms with Crippen LogP contribution in [0.5, 0.6) is 5.75 Å². The van der Waals surface area contributed by atoms with Crippen molar-refractivity contribution >= 4 is 18.2 Å². The zero-order valence-electron chi connectivity index (χ0n) is 17.6. The van der Waals surface area contributed by atoms with Gasteiger partial charge in [0.05, 0.1) is 7.11 Å². The monoisotopic (exact) mass is 415 g/mol. The average molecular weight is 415 g/mol. The molecule has 1 aromatic heterocycles. The summed E-state index contributed by atoms with van der Waals surface area (Å²) in [6, 6.07) is 20.3. The van der Waals surface area contributed by atoms with Crippen molar-refractivity contribution in [2.24, 2.45) is 5.10 Å². The number of nitrogens with zero attached hydrogens (tertiary/aromatic N) is 3. The highest BCUT2D eigenvalue weighted by atomic mass is 16.5. The fourth-order valence-corrected chi connectivity index (χ4v) is 3.65. The molecule has 2 aromatic carbocycles. The minimum atomic E-state index is -0.184. The largest absolute Gasteiger partial charge is 0.496 e. The number of hydrogen-bond donors (Lipinski definition) is 2. The van der Waals surface area contributed by atoms with Crippen molar-refractivity contribution in [2.45, 2.75) is 25.9 Å². The number of carbonyl (C=O) groups is 1. The van der Waals surface area contributed by atoms with Crippen molar-refractivity contribution < 1.29 is 9.53 Å². The maximum absolute atomic E-state index is 11.0. The number of nitrogens with one attached hydrogen (secondary N) is 2. The van der Waals surface area contributed by atoms with Gasteiger partial charge in [-0.25, -0.2) is 9.99 Å². The summed E-state index contributed by atoms with van der Waals surface area (Å²) in [6.45, 7) is 2.13. The quantitative estimate of drug-likeness (QED) is 0.579. The van der Waals surface area contributed by atoms with Crippen molar-refractivity contribution in [3.05, 3.63) is 78.0 Å². The van der Waals surface area contributed by atoms with E-state index in [2.05, 4.69) is 51.9 Å². The molecule has 0 fully saturated rings. The van der Waals surface area contributed by atoms with E-state index in [9.17, 15) is 4.79 Å². The van der Waals surface area contributed by atoms with Crippen LogP contribution in [0, 0.1) is 0 Å². The molecule has 0 spiro atoms. The van der Waals surface area contributed by atoms with Crippen LogP contribution in [-0.4, -0.2) is 30.6 Å². The first kappa shape index (κ1) is 20.4. The van der Waals surface area contributed by atoms with E-state index in [1.54, 1.807) is 18.3 Å². The molecule has 158 valence electrons. The summed E-state index contributed by atoms with van der Waals surface area (Å²) < 4.78 is 5.59. The summed E-state index contributed by atoms with van der Waals surface area (Å²) in [5.41, 5.74) is 4.38. The van der Waals surface area contributed by atoms with Crippen LogP contribution in [-0.2, 0) is 17.6 Å². The number of hydrazone groups is 1. The number of aromatic nitrogens is 1. The number of guanidine groups is 1. The molecular weight excluding hydrogens is 390 g/mol. The number of rotatable bonds is 7. The Kier molecular flexibility index (Phi) is 6.12. The highest BCUT2D eigenvalue weighted by molar-refractivity contribution is 5.91. The molecule has 7 nitrogen and oxygen atoms in total. The van der Waals surface area contributed by atoms with E-state index in [4.69, 9.17) is 4.74 Å². The van der Waals surface area contributed by atoms with Gasteiger partial charge in [-0.3, -0.25) is 10.1 Å². The molecular formula is C24H25N5O2. The fraction of sp³-hybridized carbons (Fsp3) is 0.208. The first-order chi connectivity index (χ1) is 15.2. The Bertz CT molecular complexity index is 1080. The molecule has 0 saturated carbocycles. The van der Waals surface area contributed by atoms with Crippen LogP contribution >= 0.6 is 0 Å². The summed E-state index contributed by atoms with van der Waals surface area (Å²) in [7, 11) is 1.68. The number of hydrogen-bond acceptors (Lipinski definition) is 6. The lowest BCUT2D eigenvalue weighted by molar-refractivity contribution is -0.108. The third-order valence-electron chi connectivity index (χ3n) is 5.24. The Morgan fingerprint density at radius 1 is 1.13 bits per heavy atom. The van der Waals surface area contributed by atoms with Gasteiger partial charge in [0.1, 0.15) is 11.9 Å². The van der Waals surface area contributed by atoms with Gasteiger partial charge in [0.25, 0.3) is 0 Å². The fourth-order valence-electron chi connectivity index (χ4n) is 3.65. The molecule has 7 heteroatoms. The van der Waals surface area contributed by atoms with Crippen molar-refractivity contribution in [3.63, 3.8) is 0 Å². The molecule has 4 rings (SSSR count). The highest BCUT2D eigenvalue weighted by Crippen LogP contribution is 2.33. The number of pyridine rings is 1. The molecule has 1 aliphatic rings. The van der Waals surface area contributed by atoms with Crippen LogP contribution in [0.4, 0.5) is 5.82 Å². The molecule has 1 aliphatic heterocycles. The molecule has 0 radical (unpaired) electrons. The summed E-state index contributed by atoms with van der Waals surface area (Å²) in [4.78, 5) is 15.5. The van der Waals surface area contributed by atoms with Gasteiger partial charge < -0.3 is 10.1 Å². The maximum Gasteiger partial charge on any atom is 0.222 e. The van der Waals surface area contributed by atoms with E-state index in [-0.39, 0.29) is 6.17 Å². The van der Waals surface area contributed by atoms with Gasteiger partial charge in [-0.05, 0) is 47.4 Å². The lowest BCUT2D eigenvalue weighted by Crippen LogP contribution is -2.43. The molecule has 2 heterocycles. The van der Waals surface area contributed by atoms with Crippen LogP contribution in [0.15, 0.2) is 72.0 Å². The summed E-state index contributed by atoms with van der Waals surface area (Å²) in [5.74, 6) is 1.88. The lowest BCUT2D eigenvalue weighted by Gasteiger charge is -2.23. The number of amides is 1. The second kappa shape index (κ2) is 9.30. The van der Waals surface area contributed by atoms with Crippen LogP contribution in [0.3, 0.4) is 0 Å². The van der Waals surface area contributed by atoms with Crippen molar-refractivity contribution in [3.8, 4) is 16.9 Å². The Morgan fingerprint density at radius 3 is 2.71 bits per heavy atom. The minimum Gasteiger partial charge on any atom is -0.496 e. The summed E-state index contributed by atoms with van der Waals surface area (Å²) >= 11 is 0. The average Bonchev–Trinajstić information content (AvgIpc) is 3.21. The van der Waals surface area contributed by atoms with Gasteiger partial charge in [0, 0.05) is 18.2 Å². The SMILES string of the molecule is CCc1ccc(OC)c(-c2ccnc(N3N=C(NC=O)NC3Cc3ccccc3)c2)c1. The van der Waals surface area contributed by atoms with Crippen LogP contribution in [0.2, 0.25) is 0 Å². The van der Waals surface area contributed by atoms with Crippen LogP contribution in [0.1, 0.15) is 18.1 Å². The lowest BCUT2D eigenvalue weighted by atomic mass is 10.0. The molecule has 1 amide bonds. The Balaban J connectivity index is 1.69. The van der Waals surface area contributed by atoms with E-state index in [0.717, 1.165) is 28.9 Å². The second-order valence-electron chi connectivity index (χ2n) is 7.20. The Hall–Kier alpha value is -3.87. The van der Waals surface area contributed by atoms with E-state index < -0.39 is 0 Å². The number of methoxy groups -OCH3 is 1. The van der Waals surface area contributed by atoms with Crippen molar-refractivity contribution in [1.29, 1.82) is 0 Å². The Morgan fingerprint density at radius 2 is 1.97 bits per heavy atom. The normalized spacial score (nSPS) is 15.2. The van der Waals surface area contributed by atoms with Gasteiger partial charge >= 0.3 is 0 Å². The number of benzene rings is 2. The summed E-state index contributed by atoms with van der Waals surface area (Å²) in [6.07, 6.45) is 3.82. The zero-order chi connectivity index (χ0) is 21.6. The topological polar surface area (TPSA) is 78.8 Å². The summed E-state index contributed by atoms with van der Waals surface area (Å²) in [5, 5.41) is 12.2.